The fourth-order valence-electron chi connectivity index (χ4n) is 1.83. The summed E-state index contributed by atoms with van der Waals surface area (Å²) in [6.07, 6.45) is 0.236. The van der Waals surface area contributed by atoms with Gasteiger partial charge >= 0.3 is 6.09 Å². The third kappa shape index (κ3) is 3.90. The summed E-state index contributed by atoms with van der Waals surface area (Å²) >= 11 is 0. The number of amides is 1. The van der Waals surface area contributed by atoms with Crippen LogP contribution in [0, 0.1) is 17.2 Å². The molecule has 0 saturated carbocycles. The maximum Gasteiger partial charge on any atom is 0.410 e. The van der Waals surface area contributed by atoms with Crippen LogP contribution >= 0.6 is 0 Å². The fourth-order valence-corrected chi connectivity index (χ4v) is 1.83. The summed E-state index contributed by atoms with van der Waals surface area (Å²) in [4.78, 5) is 13.4. The molecule has 96 valence electrons. The Bertz CT molecular complexity index is 317. The van der Waals surface area contributed by atoms with Crippen LogP contribution in [0.4, 0.5) is 4.79 Å². The van der Waals surface area contributed by atoms with E-state index < -0.39 is 5.60 Å². The Kier molecular flexibility index (Phi) is 4.35. The summed E-state index contributed by atoms with van der Waals surface area (Å²) in [5.74, 6) is -0.277. The Labute approximate surface area is 102 Å². The summed E-state index contributed by atoms with van der Waals surface area (Å²) in [5.41, 5.74) is -0.503. The van der Waals surface area contributed by atoms with Crippen molar-refractivity contribution in [1.29, 1.82) is 5.26 Å². The standard InChI is InChI=1S/C12H20N2O3/c1-12(2,3)17-11(15)14-6-5-10(16-4)9(7-13)8-14/h9-10H,5-6,8H2,1-4H3. The molecule has 0 radical (unpaired) electrons. The van der Waals surface area contributed by atoms with Gasteiger partial charge in [-0.15, -0.1) is 0 Å². The van der Waals surface area contributed by atoms with Crippen LogP contribution < -0.4 is 0 Å². The summed E-state index contributed by atoms with van der Waals surface area (Å²) in [6.45, 7) is 6.44. The highest BCUT2D eigenvalue weighted by Crippen LogP contribution is 2.21. The van der Waals surface area contributed by atoms with Gasteiger partial charge < -0.3 is 14.4 Å². The van der Waals surface area contributed by atoms with Crippen LogP contribution in [-0.4, -0.2) is 42.9 Å². The largest absolute Gasteiger partial charge is 0.444 e. The van der Waals surface area contributed by atoms with Crippen LogP contribution in [0.5, 0.6) is 0 Å². The lowest BCUT2D eigenvalue weighted by atomic mass is 9.96. The third-order valence-corrected chi connectivity index (χ3v) is 2.67. The first-order chi connectivity index (χ1) is 7.87. The van der Waals surface area contributed by atoms with E-state index in [1.807, 2.05) is 20.8 Å². The molecule has 1 aliphatic heterocycles. The molecule has 0 aliphatic carbocycles. The number of carbonyl (C=O) groups excluding carboxylic acids is 1. The van der Waals surface area contributed by atoms with E-state index in [2.05, 4.69) is 6.07 Å². The van der Waals surface area contributed by atoms with Gasteiger partial charge in [0.15, 0.2) is 0 Å². The van der Waals surface area contributed by atoms with Gasteiger partial charge in [0, 0.05) is 20.2 Å². The first kappa shape index (κ1) is 13.8. The minimum atomic E-state index is -0.503. The van der Waals surface area contributed by atoms with Crippen molar-refractivity contribution in [3.63, 3.8) is 0 Å². The zero-order chi connectivity index (χ0) is 13.1. The highest BCUT2D eigenvalue weighted by Gasteiger charge is 2.33. The highest BCUT2D eigenvalue weighted by atomic mass is 16.6. The lowest BCUT2D eigenvalue weighted by Gasteiger charge is -2.35. The van der Waals surface area contributed by atoms with Gasteiger partial charge in [-0.3, -0.25) is 0 Å². The molecular formula is C12H20N2O3. The maximum absolute atomic E-state index is 11.8. The molecular weight excluding hydrogens is 220 g/mol. The molecule has 0 spiro atoms. The van der Waals surface area contributed by atoms with Gasteiger partial charge in [-0.2, -0.15) is 5.26 Å². The molecule has 17 heavy (non-hydrogen) atoms. The number of carbonyl (C=O) groups is 1. The van der Waals surface area contributed by atoms with E-state index in [1.54, 1.807) is 12.0 Å². The van der Waals surface area contributed by atoms with E-state index in [-0.39, 0.29) is 18.1 Å². The van der Waals surface area contributed by atoms with Crippen molar-refractivity contribution in [2.45, 2.75) is 38.9 Å². The molecule has 2 unspecified atom stereocenters. The number of rotatable bonds is 1. The van der Waals surface area contributed by atoms with Crippen molar-refractivity contribution in [3.8, 4) is 6.07 Å². The van der Waals surface area contributed by atoms with Gasteiger partial charge in [0.2, 0.25) is 0 Å². The molecule has 1 saturated heterocycles. The molecule has 5 heteroatoms. The van der Waals surface area contributed by atoms with Crippen molar-refractivity contribution in [2.75, 3.05) is 20.2 Å². The van der Waals surface area contributed by atoms with Gasteiger partial charge in [-0.25, -0.2) is 4.79 Å². The fraction of sp³-hybridized carbons (Fsp3) is 0.833. The Morgan fingerprint density at radius 3 is 2.59 bits per heavy atom. The van der Waals surface area contributed by atoms with E-state index in [4.69, 9.17) is 14.7 Å². The number of methoxy groups -OCH3 is 1. The van der Waals surface area contributed by atoms with E-state index in [9.17, 15) is 4.79 Å². The number of nitrogens with zero attached hydrogens (tertiary/aromatic N) is 2. The highest BCUT2D eigenvalue weighted by molar-refractivity contribution is 5.68. The number of piperidine rings is 1. The molecule has 1 amide bonds. The monoisotopic (exact) mass is 240 g/mol. The smallest absolute Gasteiger partial charge is 0.410 e. The Hall–Kier alpha value is -1.28. The van der Waals surface area contributed by atoms with Crippen molar-refractivity contribution < 1.29 is 14.3 Å². The number of likely N-dealkylation sites (tertiary alicyclic amines) is 1. The zero-order valence-corrected chi connectivity index (χ0v) is 10.9. The van der Waals surface area contributed by atoms with E-state index in [1.165, 1.54) is 0 Å². The summed E-state index contributed by atoms with van der Waals surface area (Å²) in [7, 11) is 1.60. The van der Waals surface area contributed by atoms with Crippen LogP contribution in [0.25, 0.3) is 0 Å². The molecule has 1 fully saturated rings. The molecule has 0 aromatic rings. The van der Waals surface area contributed by atoms with Crippen LogP contribution in [-0.2, 0) is 9.47 Å². The number of hydrogen-bond donors (Lipinski definition) is 0. The van der Waals surface area contributed by atoms with Gasteiger partial charge in [-0.05, 0) is 27.2 Å². The molecule has 0 N–H and O–H groups in total. The minimum absolute atomic E-state index is 0.0845. The van der Waals surface area contributed by atoms with Crippen molar-refractivity contribution in [1.82, 2.24) is 4.90 Å². The van der Waals surface area contributed by atoms with Crippen molar-refractivity contribution in [3.05, 3.63) is 0 Å². The second-order valence-corrected chi connectivity index (χ2v) is 5.22. The summed E-state index contributed by atoms with van der Waals surface area (Å²) in [6, 6.07) is 2.18. The molecule has 5 nitrogen and oxygen atoms in total. The first-order valence-corrected chi connectivity index (χ1v) is 5.77. The maximum atomic E-state index is 11.8. The van der Waals surface area contributed by atoms with E-state index >= 15 is 0 Å². The zero-order valence-electron chi connectivity index (χ0n) is 10.9. The quantitative estimate of drug-likeness (QED) is 0.701. The third-order valence-electron chi connectivity index (χ3n) is 2.67. The minimum Gasteiger partial charge on any atom is -0.444 e. The summed E-state index contributed by atoms with van der Waals surface area (Å²) < 4.78 is 10.5. The second kappa shape index (κ2) is 5.37. The first-order valence-electron chi connectivity index (χ1n) is 5.77. The van der Waals surface area contributed by atoms with Crippen LogP contribution in [0.3, 0.4) is 0 Å². The van der Waals surface area contributed by atoms with Gasteiger partial charge in [-0.1, -0.05) is 0 Å². The van der Waals surface area contributed by atoms with Crippen molar-refractivity contribution in [2.24, 2.45) is 5.92 Å². The molecule has 0 aromatic heterocycles. The SMILES string of the molecule is COC1CCN(C(=O)OC(C)(C)C)CC1C#N. The van der Waals surface area contributed by atoms with E-state index in [0.29, 0.717) is 19.5 Å². The Morgan fingerprint density at radius 2 is 2.12 bits per heavy atom. The van der Waals surface area contributed by atoms with Gasteiger partial charge in [0.05, 0.1) is 18.1 Å². The number of nitriles is 1. The molecule has 0 bridgehead atoms. The lowest BCUT2D eigenvalue weighted by molar-refractivity contribution is -0.0116. The van der Waals surface area contributed by atoms with Gasteiger partial charge in [0.25, 0.3) is 0 Å². The topological polar surface area (TPSA) is 62.6 Å². The molecule has 2 atom stereocenters. The normalized spacial score (nSPS) is 25.2. The van der Waals surface area contributed by atoms with E-state index in [0.717, 1.165) is 0 Å². The molecule has 1 heterocycles. The molecule has 1 rings (SSSR count). The lowest BCUT2D eigenvalue weighted by Crippen LogP contribution is -2.47. The number of ether oxygens (including phenoxy) is 2. The second-order valence-electron chi connectivity index (χ2n) is 5.22. The predicted octanol–water partition coefficient (Wildman–Crippen LogP) is 1.78. The average Bonchev–Trinajstić information content (AvgIpc) is 2.25. The van der Waals surface area contributed by atoms with Crippen LogP contribution in [0.15, 0.2) is 0 Å². The Balaban J connectivity index is 2.58. The molecule has 1 aliphatic rings. The average molecular weight is 240 g/mol. The Morgan fingerprint density at radius 1 is 1.47 bits per heavy atom. The van der Waals surface area contributed by atoms with Crippen LogP contribution in [0.2, 0.25) is 0 Å². The van der Waals surface area contributed by atoms with Gasteiger partial charge in [0.1, 0.15) is 5.60 Å². The number of hydrogen-bond acceptors (Lipinski definition) is 4. The molecule has 0 aromatic carbocycles. The predicted molar refractivity (Wildman–Crippen MR) is 62.3 cm³/mol. The van der Waals surface area contributed by atoms with Crippen molar-refractivity contribution >= 4 is 6.09 Å². The summed E-state index contributed by atoms with van der Waals surface area (Å²) in [5, 5.41) is 9.02. The van der Waals surface area contributed by atoms with Crippen LogP contribution in [0.1, 0.15) is 27.2 Å².